The van der Waals surface area contributed by atoms with Gasteiger partial charge in [0.25, 0.3) is 5.56 Å². The number of hydrogen-bond acceptors (Lipinski definition) is 7. The summed E-state index contributed by atoms with van der Waals surface area (Å²) < 4.78 is 1.60. The molecular formula is C16H16N8O. The molecule has 4 rings (SSSR count). The zero-order valence-electron chi connectivity index (χ0n) is 13.7. The van der Waals surface area contributed by atoms with Crippen molar-refractivity contribution in [1.82, 2.24) is 24.7 Å². The van der Waals surface area contributed by atoms with Crippen LogP contribution in [-0.2, 0) is 7.05 Å². The number of H-pyrrole nitrogens is 1. The molecule has 3 aromatic heterocycles. The molecule has 0 unspecified atom stereocenters. The Morgan fingerprint density at radius 1 is 1.24 bits per heavy atom. The molecule has 0 aliphatic carbocycles. The lowest BCUT2D eigenvalue weighted by Crippen LogP contribution is -2.47. The van der Waals surface area contributed by atoms with E-state index in [9.17, 15) is 4.79 Å². The first-order chi connectivity index (χ1) is 12.2. The Labute approximate surface area is 143 Å². The maximum atomic E-state index is 12.2. The van der Waals surface area contributed by atoms with Crippen LogP contribution in [0.3, 0.4) is 0 Å². The number of rotatable bonds is 2. The summed E-state index contributed by atoms with van der Waals surface area (Å²) in [5.41, 5.74) is 0.989. The fourth-order valence-corrected chi connectivity index (χ4v) is 2.98. The Morgan fingerprint density at radius 2 is 2.00 bits per heavy atom. The van der Waals surface area contributed by atoms with Crippen LogP contribution in [0.4, 0.5) is 11.8 Å². The molecule has 9 heteroatoms. The van der Waals surface area contributed by atoms with Crippen LogP contribution in [0.25, 0.3) is 11.0 Å². The van der Waals surface area contributed by atoms with Crippen molar-refractivity contribution in [3.05, 3.63) is 40.4 Å². The molecule has 25 heavy (non-hydrogen) atoms. The Bertz CT molecular complexity index is 1020. The minimum atomic E-state index is -0.182. The molecular weight excluding hydrogens is 320 g/mol. The van der Waals surface area contributed by atoms with Crippen LogP contribution in [0.1, 0.15) is 5.56 Å². The van der Waals surface area contributed by atoms with Crippen molar-refractivity contribution in [3.8, 4) is 6.07 Å². The van der Waals surface area contributed by atoms with Crippen LogP contribution in [0, 0.1) is 11.3 Å². The van der Waals surface area contributed by atoms with Gasteiger partial charge in [-0.05, 0) is 12.1 Å². The SMILES string of the molecule is Cn1ncc2c(=O)[nH]c(N3CCN(c4cc(C#N)ccn4)CC3)nc21. The fourth-order valence-electron chi connectivity index (χ4n) is 2.98. The lowest BCUT2D eigenvalue weighted by atomic mass is 10.2. The summed E-state index contributed by atoms with van der Waals surface area (Å²) in [7, 11) is 1.77. The van der Waals surface area contributed by atoms with Crippen LogP contribution in [0.15, 0.2) is 29.3 Å². The van der Waals surface area contributed by atoms with E-state index in [1.54, 1.807) is 30.1 Å². The highest BCUT2D eigenvalue weighted by Gasteiger charge is 2.21. The first-order valence-electron chi connectivity index (χ1n) is 7.94. The van der Waals surface area contributed by atoms with Gasteiger partial charge in [-0.1, -0.05) is 0 Å². The second kappa shape index (κ2) is 5.90. The summed E-state index contributed by atoms with van der Waals surface area (Å²) in [5, 5.41) is 13.6. The highest BCUT2D eigenvalue weighted by Crippen LogP contribution is 2.17. The summed E-state index contributed by atoms with van der Waals surface area (Å²) in [6.45, 7) is 2.86. The normalized spacial score (nSPS) is 14.7. The van der Waals surface area contributed by atoms with Crippen molar-refractivity contribution in [1.29, 1.82) is 5.26 Å². The van der Waals surface area contributed by atoms with Crippen LogP contribution in [0.5, 0.6) is 0 Å². The average molecular weight is 336 g/mol. The number of piperazine rings is 1. The Morgan fingerprint density at radius 3 is 2.76 bits per heavy atom. The fraction of sp³-hybridized carbons (Fsp3) is 0.312. The van der Waals surface area contributed by atoms with Gasteiger partial charge in [0, 0.05) is 39.4 Å². The van der Waals surface area contributed by atoms with Crippen molar-refractivity contribution in [2.75, 3.05) is 36.0 Å². The number of nitriles is 1. The lowest BCUT2D eigenvalue weighted by Gasteiger charge is -2.35. The van der Waals surface area contributed by atoms with Gasteiger partial charge < -0.3 is 9.80 Å². The van der Waals surface area contributed by atoms with Crippen molar-refractivity contribution in [2.45, 2.75) is 0 Å². The summed E-state index contributed by atoms with van der Waals surface area (Å²) >= 11 is 0. The van der Waals surface area contributed by atoms with Crippen LogP contribution in [-0.4, -0.2) is 50.9 Å². The maximum Gasteiger partial charge on any atom is 0.263 e. The molecule has 0 radical (unpaired) electrons. The Balaban J connectivity index is 1.55. The molecule has 9 nitrogen and oxygen atoms in total. The number of aromatic amines is 1. The monoisotopic (exact) mass is 336 g/mol. The van der Waals surface area contributed by atoms with Gasteiger partial charge in [0.05, 0.1) is 17.8 Å². The summed E-state index contributed by atoms with van der Waals surface area (Å²) in [5.74, 6) is 1.35. The molecule has 0 aromatic carbocycles. The minimum Gasteiger partial charge on any atom is -0.353 e. The quantitative estimate of drug-likeness (QED) is 0.715. The second-order valence-corrected chi connectivity index (χ2v) is 5.88. The van der Waals surface area contributed by atoms with E-state index < -0.39 is 0 Å². The third kappa shape index (κ3) is 2.67. The zero-order valence-corrected chi connectivity index (χ0v) is 13.7. The number of anilines is 2. The molecule has 3 aromatic rings. The molecule has 1 aliphatic heterocycles. The summed E-state index contributed by atoms with van der Waals surface area (Å²) in [6.07, 6.45) is 3.17. The van der Waals surface area contributed by atoms with Crippen LogP contribution < -0.4 is 15.4 Å². The molecule has 1 N–H and O–H groups in total. The third-order valence-electron chi connectivity index (χ3n) is 4.37. The number of fused-ring (bicyclic) bond motifs is 1. The highest BCUT2D eigenvalue weighted by molar-refractivity contribution is 5.74. The number of pyridine rings is 1. The number of hydrogen-bond donors (Lipinski definition) is 1. The van der Waals surface area contributed by atoms with Gasteiger partial charge in [0.15, 0.2) is 5.65 Å². The standard InChI is InChI=1S/C16H16N8O/c1-22-14-12(10-19-22)15(25)21-16(20-14)24-6-4-23(5-7-24)13-8-11(9-17)2-3-18-13/h2-3,8,10H,4-7H2,1H3,(H,20,21,25). The van der Waals surface area contributed by atoms with Crippen molar-refractivity contribution < 1.29 is 0 Å². The number of nitrogens with zero attached hydrogens (tertiary/aromatic N) is 7. The molecule has 0 spiro atoms. The molecule has 1 fully saturated rings. The largest absolute Gasteiger partial charge is 0.353 e. The number of aryl methyl sites for hydroxylation is 1. The molecule has 0 saturated carbocycles. The van der Waals surface area contributed by atoms with Gasteiger partial charge in [-0.3, -0.25) is 14.5 Å². The van der Waals surface area contributed by atoms with Gasteiger partial charge in [0.1, 0.15) is 11.2 Å². The average Bonchev–Trinajstić information content (AvgIpc) is 3.03. The molecule has 1 saturated heterocycles. The van der Waals surface area contributed by atoms with E-state index in [1.165, 1.54) is 6.20 Å². The second-order valence-electron chi connectivity index (χ2n) is 5.88. The van der Waals surface area contributed by atoms with Gasteiger partial charge in [0.2, 0.25) is 5.95 Å². The van der Waals surface area contributed by atoms with E-state index in [-0.39, 0.29) is 5.56 Å². The molecule has 0 bridgehead atoms. The van der Waals surface area contributed by atoms with Gasteiger partial charge in [-0.25, -0.2) is 4.98 Å². The van der Waals surface area contributed by atoms with Crippen molar-refractivity contribution >= 4 is 22.8 Å². The predicted octanol–water partition coefficient (Wildman–Crippen LogP) is 0.250. The first kappa shape index (κ1) is 15.1. The number of nitrogens with one attached hydrogen (secondary N) is 1. The van der Waals surface area contributed by atoms with Crippen LogP contribution in [0.2, 0.25) is 0 Å². The van der Waals surface area contributed by atoms with E-state index in [2.05, 4.69) is 31.0 Å². The van der Waals surface area contributed by atoms with E-state index in [0.717, 1.165) is 18.9 Å². The maximum absolute atomic E-state index is 12.2. The Hall–Kier alpha value is -3.41. The molecule has 0 atom stereocenters. The highest BCUT2D eigenvalue weighted by atomic mass is 16.1. The summed E-state index contributed by atoms with van der Waals surface area (Å²) in [4.78, 5) is 28.1. The first-order valence-corrected chi connectivity index (χ1v) is 7.94. The van der Waals surface area contributed by atoms with Crippen molar-refractivity contribution in [3.63, 3.8) is 0 Å². The van der Waals surface area contributed by atoms with E-state index >= 15 is 0 Å². The van der Waals surface area contributed by atoms with Gasteiger partial charge in [-0.2, -0.15) is 15.3 Å². The molecule has 1 aliphatic rings. The molecule has 4 heterocycles. The predicted molar refractivity (Wildman–Crippen MR) is 92.5 cm³/mol. The summed E-state index contributed by atoms with van der Waals surface area (Å²) in [6, 6.07) is 5.61. The van der Waals surface area contributed by atoms with Crippen LogP contribution >= 0.6 is 0 Å². The van der Waals surface area contributed by atoms with Gasteiger partial charge in [-0.15, -0.1) is 0 Å². The molecule has 126 valence electrons. The third-order valence-corrected chi connectivity index (χ3v) is 4.37. The smallest absolute Gasteiger partial charge is 0.263 e. The van der Waals surface area contributed by atoms with E-state index in [4.69, 9.17) is 5.26 Å². The Kier molecular flexibility index (Phi) is 3.57. The lowest BCUT2D eigenvalue weighted by molar-refractivity contribution is 0.634. The van der Waals surface area contributed by atoms with Gasteiger partial charge >= 0.3 is 0 Å². The minimum absolute atomic E-state index is 0.182. The molecule has 0 amide bonds. The van der Waals surface area contributed by atoms with Crippen molar-refractivity contribution in [2.24, 2.45) is 7.05 Å². The topological polar surface area (TPSA) is 107 Å². The zero-order chi connectivity index (χ0) is 17.4. The van der Waals surface area contributed by atoms with E-state index in [1.807, 2.05) is 4.90 Å². The van der Waals surface area contributed by atoms with E-state index in [0.29, 0.717) is 35.6 Å². The number of aromatic nitrogens is 5.